The fourth-order valence-electron chi connectivity index (χ4n) is 1.59. The number of halogens is 1. The summed E-state index contributed by atoms with van der Waals surface area (Å²) >= 11 is 5.79. The molecule has 0 atom stereocenters. The van der Waals surface area contributed by atoms with E-state index in [9.17, 15) is 0 Å². The Hall–Kier alpha value is -1.29. The van der Waals surface area contributed by atoms with Crippen LogP contribution >= 0.6 is 11.6 Å². The lowest BCUT2D eigenvalue weighted by atomic mass is 10.4. The van der Waals surface area contributed by atoms with Gasteiger partial charge in [0.1, 0.15) is 11.7 Å². The van der Waals surface area contributed by atoms with E-state index in [0.29, 0.717) is 11.1 Å². The van der Waals surface area contributed by atoms with Crippen molar-refractivity contribution in [1.82, 2.24) is 10.4 Å². The van der Waals surface area contributed by atoms with E-state index in [-0.39, 0.29) is 0 Å². The number of nitrogens with one attached hydrogen (secondary N) is 1. The standard InChI is InChI=1S/C11H15ClN4/c1-8(2)14-10-5-6-16(15-10)11-4-3-9(12)7-13-11/h3-4,7-8H,5-6H2,1-2H3,(H,14,15). The smallest absolute Gasteiger partial charge is 0.147 e. The molecular formula is C11H15ClN4. The van der Waals surface area contributed by atoms with E-state index in [4.69, 9.17) is 11.6 Å². The predicted molar refractivity (Wildman–Crippen MR) is 66.9 cm³/mol. The van der Waals surface area contributed by atoms with Crippen LogP contribution in [0.1, 0.15) is 20.3 Å². The van der Waals surface area contributed by atoms with Crippen LogP contribution in [0.2, 0.25) is 5.02 Å². The summed E-state index contributed by atoms with van der Waals surface area (Å²) in [6.07, 6.45) is 2.58. The molecule has 0 saturated carbocycles. The molecule has 0 radical (unpaired) electrons. The Morgan fingerprint density at radius 2 is 2.31 bits per heavy atom. The quantitative estimate of drug-likeness (QED) is 0.859. The van der Waals surface area contributed by atoms with Crippen LogP contribution in [0.25, 0.3) is 0 Å². The van der Waals surface area contributed by atoms with Crippen molar-refractivity contribution in [3.63, 3.8) is 0 Å². The van der Waals surface area contributed by atoms with Crippen molar-refractivity contribution in [2.75, 3.05) is 11.6 Å². The number of aromatic nitrogens is 1. The zero-order valence-electron chi connectivity index (χ0n) is 9.44. The van der Waals surface area contributed by atoms with Crippen LogP contribution in [0.5, 0.6) is 0 Å². The molecule has 4 nitrogen and oxygen atoms in total. The lowest BCUT2D eigenvalue weighted by Crippen LogP contribution is -2.34. The van der Waals surface area contributed by atoms with E-state index in [1.807, 2.05) is 17.1 Å². The highest BCUT2D eigenvalue weighted by Crippen LogP contribution is 2.15. The normalized spacial score (nSPS) is 18.2. The third-order valence-corrected chi connectivity index (χ3v) is 2.46. The summed E-state index contributed by atoms with van der Waals surface area (Å²) in [7, 11) is 0. The zero-order valence-corrected chi connectivity index (χ0v) is 10.2. The molecule has 2 rings (SSSR count). The molecule has 1 fully saturated rings. The molecular weight excluding hydrogens is 224 g/mol. The van der Waals surface area contributed by atoms with Crippen LogP contribution in [0.3, 0.4) is 0 Å². The highest BCUT2D eigenvalue weighted by molar-refractivity contribution is 6.30. The second-order valence-electron chi connectivity index (χ2n) is 4.02. The summed E-state index contributed by atoms with van der Waals surface area (Å²) in [5.41, 5.74) is 3.24. The Morgan fingerprint density at radius 1 is 1.50 bits per heavy atom. The second kappa shape index (κ2) is 4.70. The average Bonchev–Trinajstić information content (AvgIpc) is 2.66. The van der Waals surface area contributed by atoms with Gasteiger partial charge in [0.15, 0.2) is 0 Å². The molecule has 0 spiro atoms. The number of hydrogen-bond donors (Lipinski definition) is 1. The van der Waals surface area contributed by atoms with Gasteiger partial charge in [-0.2, -0.15) is 0 Å². The molecule has 0 unspecified atom stereocenters. The molecule has 1 aliphatic rings. The Labute approximate surface area is 100 Å². The molecule has 2 heterocycles. The third kappa shape index (κ3) is 2.64. The summed E-state index contributed by atoms with van der Waals surface area (Å²) in [5.74, 6) is 1.89. The minimum absolute atomic E-state index is 0.320. The summed E-state index contributed by atoms with van der Waals surface area (Å²) in [6.45, 7) is 5.02. The van der Waals surface area contributed by atoms with Gasteiger partial charge in [0.25, 0.3) is 0 Å². The van der Waals surface area contributed by atoms with Crippen molar-refractivity contribution < 1.29 is 0 Å². The molecule has 0 aliphatic carbocycles. The summed E-state index contributed by atoms with van der Waals surface area (Å²) < 4.78 is 0. The first kappa shape index (κ1) is 11.2. The van der Waals surface area contributed by atoms with E-state index in [2.05, 4.69) is 29.2 Å². The maximum Gasteiger partial charge on any atom is 0.147 e. The molecule has 1 aromatic rings. The molecule has 16 heavy (non-hydrogen) atoms. The molecule has 1 saturated heterocycles. The van der Waals surface area contributed by atoms with Crippen LogP contribution in [-0.4, -0.2) is 23.4 Å². The maximum atomic E-state index is 5.79. The van der Waals surface area contributed by atoms with Gasteiger partial charge in [-0.1, -0.05) is 11.6 Å². The number of aliphatic imine (C=N–C) groups is 1. The Morgan fingerprint density at radius 3 is 2.94 bits per heavy atom. The number of hydrogen-bond acceptors (Lipinski definition) is 3. The topological polar surface area (TPSA) is 40.5 Å². The van der Waals surface area contributed by atoms with Gasteiger partial charge in [-0.25, -0.2) is 4.98 Å². The predicted octanol–water partition coefficient (Wildman–Crippen LogP) is 2.26. The Kier molecular flexibility index (Phi) is 3.29. The molecule has 0 bridgehead atoms. The molecule has 1 aliphatic heterocycles. The number of rotatable bonds is 2. The van der Waals surface area contributed by atoms with E-state index in [1.54, 1.807) is 6.20 Å². The van der Waals surface area contributed by atoms with Crippen LogP contribution < -0.4 is 10.4 Å². The molecule has 5 heteroatoms. The number of amidine groups is 1. The van der Waals surface area contributed by atoms with E-state index < -0.39 is 0 Å². The van der Waals surface area contributed by atoms with Gasteiger partial charge in [-0.05, 0) is 26.0 Å². The summed E-state index contributed by atoms with van der Waals surface area (Å²) in [6, 6.07) is 4.05. The van der Waals surface area contributed by atoms with E-state index in [0.717, 1.165) is 24.6 Å². The molecule has 0 aromatic carbocycles. The molecule has 0 amide bonds. The Balaban J connectivity index is 2.06. The first-order chi connectivity index (χ1) is 7.65. The van der Waals surface area contributed by atoms with Gasteiger partial charge in [0.2, 0.25) is 0 Å². The van der Waals surface area contributed by atoms with E-state index >= 15 is 0 Å². The van der Waals surface area contributed by atoms with Crippen LogP contribution in [0.15, 0.2) is 23.3 Å². The third-order valence-electron chi connectivity index (χ3n) is 2.24. The molecule has 86 valence electrons. The fraction of sp³-hybridized carbons (Fsp3) is 0.455. The van der Waals surface area contributed by atoms with Gasteiger partial charge in [0.05, 0.1) is 5.02 Å². The monoisotopic (exact) mass is 238 g/mol. The minimum Gasteiger partial charge on any atom is -0.284 e. The number of anilines is 1. The summed E-state index contributed by atoms with van der Waals surface area (Å²) in [4.78, 5) is 8.73. The molecule has 1 aromatic heterocycles. The maximum absolute atomic E-state index is 5.79. The first-order valence-electron chi connectivity index (χ1n) is 5.37. The average molecular weight is 239 g/mol. The van der Waals surface area contributed by atoms with Gasteiger partial charge in [-0.3, -0.25) is 15.4 Å². The van der Waals surface area contributed by atoms with Gasteiger partial charge < -0.3 is 0 Å². The lowest BCUT2D eigenvalue weighted by molar-refractivity contribution is 0.809. The van der Waals surface area contributed by atoms with Gasteiger partial charge in [0, 0.05) is 25.2 Å². The highest BCUT2D eigenvalue weighted by Gasteiger charge is 2.18. The molecule has 1 N–H and O–H groups in total. The second-order valence-corrected chi connectivity index (χ2v) is 4.45. The minimum atomic E-state index is 0.320. The Bertz CT molecular complexity index is 385. The van der Waals surface area contributed by atoms with Gasteiger partial charge >= 0.3 is 0 Å². The lowest BCUT2D eigenvalue weighted by Gasteiger charge is -2.16. The van der Waals surface area contributed by atoms with Crippen LogP contribution in [-0.2, 0) is 0 Å². The van der Waals surface area contributed by atoms with Crippen molar-refractivity contribution in [2.45, 2.75) is 26.3 Å². The highest BCUT2D eigenvalue weighted by atomic mass is 35.5. The van der Waals surface area contributed by atoms with Gasteiger partial charge in [-0.15, -0.1) is 0 Å². The van der Waals surface area contributed by atoms with E-state index in [1.165, 1.54) is 0 Å². The summed E-state index contributed by atoms with van der Waals surface area (Å²) in [5, 5.41) is 2.64. The van der Waals surface area contributed by atoms with Crippen molar-refractivity contribution in [3.8, 4) is 0 Å². The largest absolute Gasteiger partial charge is 0.284 e. The number of hydrazine groups is 1. The SMILES string of the molecule is CC(C)N=C1CCN(c2ccc(Cl)cn2)N1. The number of pyridine rings is 1. The number of nitrogens with zero attached hydrogens (tertiary/aromatic N) is 3. The fourth-order valence-corrected chi connectivity index (χ4v) is 1.70. The van der Waals surface area contributed by atoms with Crippen LogP contribution in [0.4, 0.5) is 5.82 Å². The zero-order chi connectivity index (χ0) is 11.5. The van der Waals surface area contributed by atoms with Crippen LogP contribution in [0, 0.1) is 0 Å². The van der Waals surface area contributed by atoms with Crippen molar-refractivity contribution in [1.29, 1.82) is 0 Å². The first-order valence-corrected chi connectivity index (χ1v) is 5.75. The van der Waals surface area contributed by atoms with Crippen molar-refractivity contribution in [2.24, 2.45) is 4.99 Å². The van der Waals surface area contributed by atoms with Crippen molar-refractivity contribution >= 4 is 23.3 Å². The van der Waals surface area contributed by atoms with Crippen molar-refractivity contribution in [3.05, 3.63) is 23.4 Å².